The first-order chi connectivity index (χ1) is 11.2. The molecule has 0 radical (unpaired) electrons. The van der Waals surface area contributed by atoms with Crippen molar-refractivity contribution in [3.05, 3.63) is 35.0 Å². The maximum atomic E-state index is 9.22. The van der Waals surface area contributed by atoms with Crippen molar-refractivity contribution in [1.29, 1.82) is 5.26 Å². The predicted octanol–water partition coefficient (Wildman–Crippen LogP) is 4.01. The van der Waals surface area contributed by atoms with Gasteiger partial charge in [-0.3, -0.25) is 0 Å². The lowest BCUT2D eigenvalue weighted by Crippen LogP contribution is -2.25. The van der Waals surface area contributed by atoms with Crippen molar-refractivity contribution in [3.8, 4) is 17.5 Å². The molecule has 0 amide bonds. The van der Waals surface area contributed by atoms with E-state index in [1.807, 2.05) is 18.2 Å². The van der Waals surface area contributed by atoms with Gasteiger partial charge in [-0.1, -0.05) is 37.6 Å². The molecule has 0 fully saturated rings. The van der Waals surface area contributed by atoms with Gasteiger partial charge in [0.2, 0.25) is 17.5 Å². The fourth-order valence-electron chi connectivity index (χ4n) is 2.31. The molecule has 0 saturated carbocycles. The molecular weight excluding hydrogens is 312 g/mol. The number of nitrogens with zero attached hydrogens (tertiary/aromatic N) is 3. The summed E-state index contributed by atoms with van der Waals surface area (Å²) in [5.74, 6) is 0.764. The molecule has 122 valence electrons. The van der Waals surface area contributed by atoms with Crippen molar-refractivity contribution < 1.29 is 4.42 Å². The minimum atomic E-state index is 0.253. The predicted molar refractivity (Wildman–Crippen MR) is 92.6 cm³/mol. The summed E-state index contributed by atoms with van der Waals surface area (Å²) in [5, 5.41) is 12.9. The Balaban J connectivity index is 2.03. The molecule has 0 aliphatic carbocycles. The summed E-state index contributed by atoms with van der Waals surface area (Å²) in [6, 6.07) is 9.34. The Kier molecular flexibility index (Phi) is 6.45. The molecule has 0 bridgehead atoms. The van der Waals surface area contributed by atoms with Crippen LogP contribution in [0.4, 0.5) is 5.88 Å². The first kappa shape index (κ1) is 17.3. The van der Waals surface area contributed by atoms with Gasteiger partial charge >= 0.3 is 0 Å². The van der Waals surface area contributed by atoms with E-state index in [9.17, 15) is 5.26 Å². The summed E-state index contributed by atoms with van der Waals surface area (Å²) in [7, 11) is 0. The summed E-state index contributed by atoms with van der Waals surface area (Å²) in [4.78, 5) is 6.57. The number of anilines is 1. The Morgan fingerprint density at radius 2 is 2.04 bits per heavy atom. The first-order valence-corrected chi connectivity index (χ1v) is 8.19. The van der Waals surface area contributed by atoms with Gasteiger partial charge in [-0.2, -0.15) is 10.2 Å². The van der Waals surface area contributed by atoms with Crippen LogP contribution in [0.1, 0.15) is 26.0 Å². The van der Waals surface area contributed by atoms with Crippen LogP contribution in [-0.2, 0) is 0 Å². The minimum Gasteiger partial charge on any atom is -0.419 e. The Bertz CT molecular complexity index is 673. The van der Waals surface area contributed by atoms with Crippen LogP contribution < -0.4 is 5.32 Å². The molecule has 5 nitrogen and oxygen atoms in total. The van der Waals surface area contributed by atoms with Crippen LogP contribution in [0.3, 0.4) is 0 Å². The van der Waals surface area contributed by atoms with Gasteiger partial charge in [-0.15, -0.1) is 0 Å². The maximum absolute atomic E-state index is 9.22. The monoisotopic (exact) mass is 332 g/mol. The van der Waals surface area contributed by atoms with Crippen molar-refractivity contribution in [2.75, 3.05) is 31.5 Å². The molecule has 1 heterocycles. The third kappa shape index (κ3) is 4.47. The van der Waals surface area contributed by atoms with Crippen LogP contribution in [0, 0.1) is 11.3 Å². The van der Waals surface area contributed by atoms with Crippen LogP contribution >= 0.6 is 11.6 Å². The third-order valence-corrected chi connectivity index (χ3v) is 4.00. The van der Waals surface area contributed by atoms with Crippen molar-refractivity contribution >= 4 is 17.5 Å². The van der Waals surface area contributed by atoms with Crippen molar-refractivity contribution in [3.63, 3.8) is 0 Å². The highest BCUT2D eigenvalue weighted by molar-refractivity contribution is 6.33. The molecule has 2 aromatic rings. The fourth-order valence-corrected chi connectivity index (χ4v) is 2.53. The number of rotatable bonds is 8. The molecule has 0 aliphatic heterocycles. The summed E-state index contributed by atoms with van der Waals surface area (Å²) in [5.41, 5.74) is 0.935. The number of oxazole rings is 1. The summed E-state index contributed by atoms with van der Waals surface area (Å²) in [6.45, 7) is 8.11. The number of hydrogen-bond donors (Lipinski definition) is 1. The van der Waals surface area contributed by atoms with E-state index < -0.39 is 0 Å². The lowest BCUT2D eigenvalue weighted by atomic mass is 10.2. The highest BCUT2D eigenvalue weighted by Gasteiger charge is 2.16. The molecular formula is C17H21ClN4O. The van der Waals surface area contributed by atoms with Crippen LogP contribution in [0.5, 0.6) is 0 Å². The minimum absolute atomic E-state index is 0.253. The van der Waals surface area contributed by atoms with E-state index in [4.69, 9.17) is 16.0 Å². The van der Waals surface area contributed by atoms with Gasteiger partial charge in [-0.25, -0.2) is 0 Å². The topological polar surface area (TPSA) is 65.1 Å². The molecule has 2 rings (SSSR count). The van der Waals surface area contributed by atoms with Gasteiger partial charge < -0.3 is 14.6 Å². The van der Waals surface area contributed by atoms with Gasteiger partial charge in [0.05, 0.1) is 10.6 Å². The van der Waals surface area contributed by atoms with E-state index in [2.05, 4.69) is 35.1 Å². The molecule has 0 saturated heterocycles. The van der Waals surface area contributed by atoms with E-state index in [0.29, 0.717) is 22.4 Å². The van der Waals surface area contributed by atoms with Crippen molar-refractivity contribution in [2.45, 2.75) is 20.3 Å². The van der Waals surface area contributed by atoms with Crippen LogP contribution in [0.25, 0.3) is 11.5 Å². The van der Waals surface area contributed by atoms with Crippen LogP contribution in [0.2, 0.25) is 5.02 Å². The number of halogens is 1. The third-order valence-electron chi connectivity index (χ3n) is 3.67. The van der Waals surface area contributed by atoms with Gasteiger partial charge in [0.25, 0.3) is 0 Å². The summed E-state index contributed by atoms with van der Waals surface area (Å²) >= 11 is 6.15. The van der Waals surface area contributed by atoms with Gasteiger partial charge in [0.1, 0.15) is 6.07 Å². The first-order valence-electron chi connectivity index (χ1n) is 7.81. The quantitative estimate of drug-likeness (QED) is 0.740. The number of nitrogens with one attached hydrogen (secondary N) is 1. The summed E-state index contributed by atoms with van der Waals surface area (Å²) in [6.07, 6.45) is 0.967. The van der Waals surface area contributed by atoms with Crippen LogP contribution in [-0.4, -0.2) is 36.1 Å². The molecule has 23 heavy (non-hydrogen) atoms. The molecule has 0 spiro atoms. The Morgan fingerprint density at radius 1 is 1.30 bits per heavy atom. The number of benzene rings is 1. The molecule has 0 atom stereocenters. The zero-order valence-electron chi connectivity index (χ0n) is 13.5. The molecule has 6 heteroatoms. The van der Waals surface area contributed by atoms with E-state index in [0.717, 1.165) is 32.6 Å². The zero-order chi connectivity index (χ0) is 16.7. The lowest BCUT2D eigenvalue weighted by molar-refractivity contribution is 0.302. The largest absolute Gasteiger partial charge is 0.419 e. The second-order valence-corrected chi connectivity index (χ2v) is 5.50. The highest BCUT2D eigenvalue weighted by atomic mass is 35.5. The van der Waals surface area contributed by atoms with E-state index in [1.54, 1.807) is 6.07 Å². The fraction of sp³-hybridized carbons (Fsp3) is 0.412. The molecule has 0 aliphatic rings. The second kappa shape index (κ2) is 8.56. The summed E-state index contributed by atoms with van der Waals surface area (Å²) < 4.78 is 5.69. The smallest absolute Gasteiger partial charge is 0.232 e. The second-order valence-electron chi connectivity index (χ2n) is 5.10. The number of nitriles is 1. The van der Waals surface area contributed by atoms with Gasteiger partial charge in [0.15, 0.2) is 0 Å². The van der Waals surface area contributed by atoms with E-state index in [1.165, 1.54) is 0 Å². The molecule has 1 N–H and O–H groups in total. The highest BCUT2D eigenvalue weighted by Crippen LogP contribution is 2.30. The van der Waals surface area contributed by atoms with Crippen molar-refractivity contribution in [2.24, 2.45) is 0 Å². The molecule has 0 unspecified atom stereocenters. The standard InChI is InChI=1S/C17H21ClN4O/c1-3-22(4-2)11-7-10-20-17-15(12-19)21-16(23-17)13-8-5-6-9-14(13)18/h5-6,8-9,20H,3-4,7,10-11H2,1-2H3. The van der Waals surface area contributed by atoms with Crippen molar-refractivity contribution in [1.82, 2.24) is 9.88 Å². The lowest BCUT2D eigenvalue weighted by Gasteiger charge is -2.17. The molecule has 1 aromatic heterocycles. The number of hydrogen-bond acceptors (Lipinski definition) is 5. The van der Waals surface area contributed by atoms with Crippen LogP contribution in [0.15, 0.2) is 28.7 Å². The Hall–Kier alpha value is -2.03. The maximum Gasteiger partial charge on any atom is 0.232 e. The van der Waals surface area contributed by atoms with Gasteiger partial charge in [-0.05, 0) is 38.2 Å². The normalized spacial score (nSPS) is 10.7. The Labute approximate surface area is 141 Å². The zero-order valence-corrected chi connectivity index (χ0v) is 14.2. The van der Waals surface area contributed by atoms with Gasteiger partial charge in [0, 0.05) is 6.54 Å². The Morgan fingerprint density at radius 3 is 2.70 bits per heavy atom. The van der Waals surface area contributed by atoms with E-state index >= 15 is 0 Å². The molecule has 1 aromatic carbocycles. The van der Waals surface area contributed by atoms with E-state index in [-0.39, 0.29) is 5.69 Å². The average Bonchev–Trinajstić information content (AvgIpc) is 2.98. The SMILES string of the molecule is CCN(CC)CCCNc1oc(-c2ccccc2Cl)nc1C#N. The number of aromatic nitrogens is 1. The average molecular weight is 333 g/mol.